The molecule has 27 heavy (non-hydrogen) atoms. The second-order valence-electron chi connectivity index (χ2n) is 6.63. The van der Waals surface area contributed by atoms with E-state index in [0.717, 1.165) is 29.7 Å². The number of aryl methyl sites for hydroxylation is 1. The van der Waals surface area contributed by atoms with E-state index >= 15 is 0 Å². The molecule has 0 saturated heterocycles. The molecule has 0 aliphatic heterocycles. The highest BCUT2D eigenvalue weighted by Gasteiger charge is 2.27. The van der Waals surface area contributed by atoms with E-state index < -0.39 is 10.0 Å². The Balaban J connectivity index is 1.48. The third kappa shape index (κ3) is 5.55. The van der Waals surface area contributed by atoms with Gasteiger partial charge in [0.05, 0.1) is 12.0 Å². The molecule has 1 fully saturated rings. The molecule has 1 aliphatic rings. The van der Waals surface area contributed by atoms with Gasteiger partial charge < -0.3 is 10.1 Å². The Morgan fingerprint density at radius 2 is 1.81 bits per heavy atom. The highest BCUT2D eigenvalue weighted by Crippen LogP contribution is 2.22. The monoisotopic (exact) mass is 388 g/mol. The second kappa shape index (κ2) is 8.54. The quantitative estimate of drug-likeness (QED) is 0.691. The molecular formula is C20H24N2O4S. The van der Waals surface area contributed by atoms with E-state index in [2.05, 4.69) is 10.0 Å². The molecule has 1 saturated carbocycles. The average molecular weight is 388 g/mol. The molecule has 3 rings (SSSR count). The maximum atomic E-state index is 12.1. The normalized spacial score (nSPS) is 14.0. The largest absolute Gasteiger partial charge is 0.496 e. The third-order valence-corrected chi connectivity index (χ3v) is 5.98. The van der Waals surface area contributed by atoms with Crippen molar-refractivity contribution in [2.75, 3.05) is 7.11 Å². The predicted octanol–water partition coefficient (Wildman–Crippen LogP) is 2.38. The van der Waals surface area contributed by atoms with E-state index in [1.54, 1.807) is 31.4 Å². The van der Waals surface area contributed by atoms with Crippen LogP contribution >= 0.6 is 0 Å². The summed E-state index contributed by atoms with van der Waals surface area (Å²) in [5.41, 5.74) is 1.85. The second-order valence-corrected chi connectivity index (χ2v) is 8.34. The zero-order valence-corrected chi connectivity index (χ0v) is 16.1. The lowest BCUT2D eigenvalue weighted by atomic mass is 10.1. The Kier molecular flexibility index (Phi) is 6.13. The predicted molar refractivity (Wildman–Crippen MR) is 103 cm³/mol. The average Bonchev–Trinajstić information content (AvgIpc) is 3.48. The van der Waals surface area contributed by atoms with Crippen molar-refractivity contribution in [3.05, 3.63) is 59.7 Å². The molecule has 0 unspecified atom stereocenters. The van der Waals surface area contributed by atoms with Crippen molar-refractivity contribution >= 4 is 15.9 Å². The van der Waals surface area contributed by atoms with Crippen LogP contribution in [-0.2, 0) is 27.8 Å². The van der Waals surface area contributed by atoms with E-state index in [4.69, 9.17) is 4.74 Å². The van der Waals surface area contributed by atoms with Gasteiger partial charge >= 0.3 is 0 Å². The standard InChI is InChI=1S/C20H24N2O4S/c1-26-19-5-3-2-4-16(19)14-21-20(23)13-8-15-6-11-18(12-7-15)27(24,25)22-17-9-10-17/h2-7,11-12,17,22H,8-10,13-14H2,1H3,(H,21,23). The number of benzene rings is 2. The summed E-state index contributed by atoms with van der Waals surface area (Å²) in [6, 6.07) is 14.3. The van der Waals surface area contributed by atoms with Crippen molar-refractivity contribution in [2.45, 2.75) is 43.2 Å². The maximum absolute atomic E-state index is 12.1. The first-order valence-corrected chi connectivity index (χ1v) is 10.5. The summed E-state index contributed by atoms with van der Waals surface area (Å²) >= 11 is 0. The summed E-state index contributed by atoms with van der Waals surface area (Å²) in [5.74, 6) is 0.683. The number of nitrogens with one attached hydrogen (secondary N) is 2. The molecule has 6 nitrogen and oxygen atoms in total. The van der Waals surface area contributed by atoms with Gasteiger partial charge in [-0.15, -0.1) is 0 Å². The van der Waals surface area contributed by atoms with Crippen LogP contribution in [0.4, 0.5) is 0 Å². The molecular weight excluding hydrogens is 364 g/mol. The van der Waals surface area contributed by atoms with Gasteiger partial charge in [0.25, 0.3) is 0 Å². The van der Waals surface area contributed by atoms with Crippen molar-refractivity contribution in [1.29, 1.82) is 0 Å². The summed E-state index contributed by atoms with van der Waals surface area (Å²) in [6.07, 6.45) is 2.69. The van der Waals surface area contributed by atoms with Crippen LogP contribution in [-0.4, -0.2) is 27.5 Å². The Morgan fingerprint density at radius 1 is 1.11 bits per heavy atom. The number of carbonyl (C=O) groups excluding carboxylic acids is 1. The topological polar surface area (TPSA) is 84.5 Å². The minimum atomic E-state index is -3.43. The molecule has 144 valence electrons. The van der Waals surface area contributed by atoms with Gasteiger partial charge in [-0.3, -0.25) is 4.79 Å². The molecule has 0 aromatic heterocycles. The molecule has 0 heterocycles. The molecule has 2 aromatic carbocycles. The van der Waals surface area contributed by atoms with Crippen LogP contribution < -0.4 is 14.8 Å². The molecule has 0 radical (unpaired) electrons. The number of hydrogen-bond donors (Lipinski definition) is 2. The molecule has 0 atom stereocenters. The fraction of sp³-hybridized carbons (Fsp3) is 0.350. The third-order valence-electron chi connectivity index (χ3n) is 4.44. The minimum Gasteiger partial charge on any atom is -0.496 e. The van der Waals surface area contributed by atoms with Crippen LogP contribution in [0.15, 0.2) is 53.4 Å². The molecule has 1 aliphatic carbocycles. The number of hydrogen-bond acceptors (Lipinski definition) is 4. The van der Waals surface area contributed by atoms with E-state index in [0.29, 0.717) is 19.4 Å². The first kappa shape index (κ1) is 19.4. The summed E-state index contributed by atoms with van der Waals surface area (Å²) in [5, 5.41) is 2.88. The number of methoxy groups -OCH3 is 1. The highest BCUT2D eigenvalue weighted by molar-refractivity contribution is 7.89. The minimum absolute atomic E-state index is 0.0620. The Morgan fingerprint density at radius 3 is 2.48 bits per heavy atom. The van der Waals surface area contributed by atoms with Gasteiger partial charge in [0.2, 0.25) is 15.9 Å². The van der Waals surface area contributed by atoms with Gasteiger partial charge in [0, 0.05) is 24.6 Å². The summed E-state index contributed by atoms with van der Waals surface area (Å²) in [7, 11) is -1.83. The van der Waals surface area contributed by atoms with Gasteiger partial charge in [0.15, 0.2) is 0 Å². The maximum Gasteiger partial charge on any atom is 0.240 e. The van der Waals surface area contributed by atoms with Crippen molar-refractivity contribution < 1.29 is 17.9 Å². The molecule has 0 bridgehead atoms. The zero-order chi connectivity index (χ0) is 19.3. The van der Waals surface area contributed by atoms with Crippen molar-refractivity contribution in [3.63, 3.8) is 0 Å². The van der Waals surface area contributed by atoms with Crippen LogP contribution in [0.25, 0.3) is 0 Å². The van der Waals surface area contributed by atoms with Crippen LogP contribution in [0.5, 0.6) is 5.75 Å². The lowest BCUT2D eigenvalue weighted by molar-refractivity contribution is -0.121. The van der Waals surface area contributed by atoms with Crippen molar-refractivity contribution in [1.82, 2.24) is 10.0 Å². The number of ether oxygens (including phenoxy) is 1. The van der Waals surface area contributed by atoms with Gasteiger partial charge in [-0.2, -0.15) is 0 Å². The summed E-state index contributed by atoms with van der Waals surface area (Å²) in [6.45, 7) is 0.410. The summed E-state index contributed by atoms with van der Waals surface area (Å²) < 4.78 is 32.2. The molecule has 0 spiro atoms. The Bertz CT molecular complexity index is 890. The lowest BCUT2D eigenvalue weighted by Gasteiger charge is -2.10. The van der Waals surface area contributed by atoms with E-state index in [1.165, 1.54) is 0 Å². The number of amides is 1. The van der Waals surface area contributed by atoms with Crippen LogP contribution in [0.1, 0.15) is 30.4 Å². The molecule has 2 aromatic rings. The van der Waals surface area contributed by atoms with Crippen LogP contribution in [0.3, 0.4) is 0 Å². The first-order valence-electron chi connectivity index (χ1n) is 8.98. The SMILES string of the molecule is COc1ccccc1CNC(=O)CCc1ccc(S(=O)(=O)NC2CC2)cc1. The number of sulfonamides is 1. The van der Waals surface area contributed by atoms with Gasteiger partial charge in [-0.1, -0.05) is 30.3 Å². The van der Waals surface area contributed by atoms with Crippen molar-refractivity contribution in [3.8, 4) is 5.75 Å². The molecule has 7 heteroatoms. The first-order chi connectivity index (χ1) is 13.0. The Labute approximate surface area is 160 Å². The van der Waals surface area contributed by atoms with E-state index in [-0.39, 0.29) is 16.8 Å². The van der Waals surface area contributed by atoms with Gasteiger partial charge in [-0.25, -0.2) is 13.1 Å². The van der Waals surface area contributed by atoms with E-state index in [1.807, 2.05) is 24.3 Å². The number of rotatable bonds is 9. The van der Waals surface area contributed by atoms with Gasteiger partial charge in [-0.05, 0) is 43.0 Å². The zero-order valence-electron chi connectivity index (χ0n) is 15.3. The fourth-order valence-corrected chi connectivity index (χ4v) is 4.02. The van der Waals surface area contributed by atoms with Gasteiger partial charge in [0.1, 0.15) is 5.75 Å². The smallest absolute Gasteiger partial charge is 0.240 e. The number of carbonyl (C=O) groups is 1. The van der Waals surface area contributed by atoms with Crippen LogP contribution in [0, 0.1) is 0 Å². The highest BCUT2D eigenvalue weighted by atomic mass is 32.2. The van der Waals surface area contributed by atoms with Crippen LogP contribution in [0.2, 0.25) is 0 Å². The molecule has 1 amide bonds. The Hall–Kier alpha value is -2.38. The lowest BCUT2D eigenvalue weighted by Crippen LogP contribution is -2.25. The van der Waals surface area contributed by atoms with E-state index in [9.17, 15) is 13.2 Å². The van der Waals surface area contributed by atoms with Crippen molar-refractivity contribution in [2.24, 2.45) is 0 Å². The summed E-state index contributed by atoms with van der Waals surface area (Å²) in [4.78, 5) is 12.3. The fourth-order valence-electron chi connectivity index (χ4n) is 2.71. The molecule has 2 N–H and O–H groups in total. The number of para-hydroxylation sites is 1.